The molecule has 0 aliphatic carbocycles. The van der Waals surface area contributed by atoms with Crippen LogP contribution in [0, 0.1) is 12.7 Å². The molecular formula is C15H11BrClFO. The first-order valence-corrected chi connectivity index (χ1v) is 6.88. The van der Waals surface area contributed by atoms with Crippen LogP contribution in [-0.2, 0) is 6.42 Å². The third kappa shape index (κ3) is 3.43. The van der Waals surface area contributed by atoms with Crippen molar-refractivity contribution in [3.05, 3.63) is 68.4 Å². The number of benzene rings is 2. The number of halogens is 3. The summed E-state index contributed by atoms with van der Waals surface area (Å²) in [6.07, 6.45) is 0.240. The molecule has 98 valence electrons. The normalized spacial score (nSPS) is 10.5. The first kappa shape index (κ1) is 14.2. The maximum Gasteiger partial charge on any atom is 0.168 e. The monoisotopic (exact) mass is 340 g/mol. The first-order chi connectivity index (χ1) is 8.97. The first-order valence-electron chi connectivity index (χ1n) is 5.70. The molecule has 0 heterocycles. The fraction of sp³-hybridized carbons (Fsp3) is 0.133. The third-order valence-electron chi connectivity index (χ3n) is 2.80. The zero-order chi connectivity index (χ0) is 14.0. The van der Waals surface area contributed by atoms with E-state index in [4.69, 9.17) is 11.6 Å². The highest BCUT2D eigenvalue weighted by atomic mass is 79.9. The van der Waals surface area contributed by atoms with Crippen molar-refractivity contribution >= 4 is 33.3 Å². The van der Waals surface area contributed by atoms with E-state index in [1.165, 1.54) is 12.1 Å². The molecule has 0 saturated heterocycles. The molecule has 0 radical (unpaired) electrons. The molecule has 0 spiro atoms. The van der Waals surface area contributed by atoms with Gasteiger partial charge in [-0.1, -0.05) is 39.7 Å². The second kappa shape index (κ2) is 5.85. The average Bonchev–Trinajstić information content (AvgIpc) is 2.33. The van der Waals surface area contributed by atoms with Gasteiger partial charge >= 0.3 is 0 Å². The third-order valence-corrected chi connectivity index (χ3v) is 3.61. The molecule has 2 rings (SSSR count). The largest absolute Gasteiger partial charge is 0.294 e. The number of carbonyl (C=O) groups excluding carboxylic acids is 1. The van der Waals surface area contributed by atoms with Gasteiger partial charge in [0, 0.05) is 16.5 Å². The lowest BCUT2D eigenvalue weighted by Crippen LogP contribution is -2.05. The van der Waals surface area contributed by atoms with Gasteiger partial charge in [-0.3, -0.25) is 4.79 Å². The van der Waals surface area contributed by atoms with Crippen LogP contribution in [0.25, 0.3) is 0 Å². The molecular weight excluding hydrogens is 331 g/mol. The van der Waals surface area contributed by atoms with Crippen molar-refractivity contribution in [3.63, 3.8) is 0 Å². The van der Waals surface area contributed by atoms with Crippen LogP contribution in [0.4, 0.5) is 4.39 Å². The number of rotatable bonds is 3. The minimum atomic E-state index is -0.399. The molecule has 19 heavy (non-hydrogen) atoms. The van der Waals surface area contributed by atoms with Crippen molar-refractivity contribution in [3.8, 4) is 0 Å². The number of hydrogen-bond donors (Lipinski definition) is 0. The molecule has 0 atom stereocenters. The number of carbonyl (C=O) groups is 1. The van der Waals surface area contributed by atoms with E-state index in [0.717, 1.165) is 10.0 Å². The molecule has 0 aliphatic rings. The minimum absolute atomic E-state index is 0.119. The van der Waals surface area contributed by atoms with Gasteiger partial charge < -0.3 is 0 Å². The van der Waals surface area contributed by atoms with Gasteiger partial charge in [0.25, 0.3) is 0 Å². The Morgan fingerprint density at radius 2 is 2.05 bits per heavy atom. The summed E-state index contributed by atoms with van der Waals surface area (Å²) in [5.74, 6) is -0.518. The zero-order valence-corrected chi connectivity index (χ0v) is 12.6. The Morgan fingerprint density at radius 3 is 2.74 bits per heavy atom. The predicted molar refractivity (Wildman–Crippen MR) is 78.3 cm³/mol. The summed E-state index contributed by atoms with van der Waals surface area (Å²) < 4.78 is 14.2. The van der Waals surface area contributed by atoms with Crippen LogP contribution in [0.15, 0.2) is 40.9 Å². The molecule has 0 fully saturated rings. The van der Waals surface area contributed by atoms with Crippen molar-refractivity contribution in [2.24, 2.45) is 0 Å². The Labute approximate surface area is 124 Å². The lowest BCUT2D eigenvalue weighted by atomic mass is 10.0. The SMILES string of the molecule is Cc1cc(C(=O)Cc2cccc(Br)c2)c(Cl)cc1F. The molecule has 2 aromatic carbocycles. The summed E-state index contributed by atoms with van der Waals surface area (Å²) in [5.41, 5.74) is 1.67. The van der Waals surface area contributed by atoms with Crippen molar-refractivity contribution in [2.75, 3.05) is 0 Å². The molecule has 0 unspecified atom stereocenters. The van der Waals surface area contributed by atoms with E-state index >= 15 is 0 Å². The van der Waals surface area contributed by atoms with Crippen LogP contribution in [0.5, 0.6) is 0 Å². The second-order valence-electron chi connectivity index (χ2n) is 4.31. The van der Waals surface area contributed by atoms with Crippen LogP contribution < -0.4 is 0 Å². The summed E-state index contributed by atoms with van der Waals surface area (Å²) in [6, 6.07) is 10.2. The van der Waals surface area contributed by atoms with Gasteiger partial charge in [0.15, 0.2) is 5.78 Å². The van der Waals surface area contributed by atoms with E-state index < -0.39 is 5.82 Å². The van der Waals surface area contributed by atoms with E-state index in [2.05, 4.69) is 15.9 Å². The van der Waals surface area contributed by atoms with Gasteiger partial charge in [-0.05, 0) is 42.3 Å². The van der Waals surface area contributed by atoms with E-state index in [-0.39, 0.29) is 17.2 Å². The van der Waals surface area contributed by atoms with Crippen molar-refractivity contribution in [1.82, 2.24) is 0 Å². The van der Waals surface area contributed by atoms with E-state index in [1.54, 1.807) is 6.92 Å². The molecule has 1 nitrogen and oxygen atoms in total. The fourth-order valence-corrected chi connectivity index (χ4v) is 2.50. The lowest BCUT2D eigenvalue weighted by molar-refractivity contribution is 0.0993. The van der Waals surface area contributed by atoms with Crippen molar-refractivity contribution < 1.29 is 9.18 Å². The minimum Gasteiger partial charge on any atom is -0.294 e. The topological polar surface area (TPSA) is 17.1 Å². The Morgan fingerprint density at radius 1 is 1.32 bits per heavy atom. The van der Waals surface area contributed by atoms with Crippen LogP contribution in [0.2, 0.25) is 5.02 Å². The number of aryl methyl sites for hydroxylation is 1. The molecule has 0 N–H and O–H groups in total. The van der Waals surface area contributed by atoms with Crippen LogP contribution in [0.1, 0.15) is 21.5 Å². The standard InChI is InChI=1S/C15H11BrClFO/c1-9-5-12(13(17)8-14(9)18)15(19)7-10-3-2-4-11(16)6-10/h2-6,8H,7H2,1H3. The molecule has 0 saturated carbocycles. The molecule has 0 aromatic heterocycles. The average molecular weight is 342 g/mol. The zero-order valence-electron chi connectivity index (χ0n) is 10.2. The smallest absolute Gasteiger partial charge is 0.168 e. The Balaban J connectivity index is 2.28. The molecule has 0 aliphatic heterocycles. The Kier molecular flexibility index (Phi) is 4.38. The summed E-state index contributed by atoms with van der Waals surface area (Å²) >= 11 is 9.28. The summed E-state index contributed by atoms with van der Waals surface area (Å²) in [4.78, 5) is 12.2. The highest BCUT2D eigenvalue weighted by Crippen LogP contribution is 2.22. The molecule has 4 heteroatoms. The van der Waals surface area contributed by atoms with Crippen LogP contribution >= 0.6 is 27.5 Å². The summed E-state index contributed by atoms with van der Waals surface area (Å²) in [5, 5.41) is 0.156. The Bertz CT molecular complexity index is 640. The van der Waals surface area contributed by atoms with Crippen molar-refractivity contribution in [2.45, 2.75) is 13.3 Å². The summed E-state index contributed by atoms with van der Waals surface area (Å²) in [6.45, 7) is 1.61. The maximum absolute atomic E-state index is 13.3. The predicted octanol–water partition coefficient (Wildman–Crippen LogP) is 4.98. The second-order valence-corrected chi connectivity index (χ2v) is 5.63. The number of ketones is 1. The van der Waals surface area contributed by atoms with Gasteiger partial charge in [0.2, 0.25) is 0 Å². The van der Waals surface area contributed by atoms with Crippen LogP contribution in [-0.4, -0.2) is 5.78 Å². The quantitative estimate of drug-likeness (QED) is 0.720. The van der Waals surface area contributed by atoms with Gasteiger partial charge in [-0.15, -0.1) is 0 Å². The van der Waals surface area contributed by atoms with Crippen LogP contribution in [0.3, 0.4) is 0 Å². The number of Topliss-reactive ketones (excluding diaryl/α,β-unsaturated/α-hetero) is 1. The van der Waals surface area contributed by atoms with Gasteiger partial charge in [-0.25, -0.2) is 4.39 Å². The molecule has 0 amide bonds. The maximum atomic E-state index is 13.3. The highest BCUT2D eigenvalue weighted by molar-refractivity contribution is 9.10. The Hall–Kier alpha value is -1.19. The van der Waals surface area contributed by atoms with E-state index in [1.807, 2.05) is 24.3 Å². The van der Waals surface area contributed by atoms with Gasteiger partial charge in [0.05, 0.1) is 5.02 Å². The van der Waals surface area contributed by atoms with Gasteiger partial charge in [-0.2, -0.15) is 0 Å². The van der Waals surface area contributed by atoms with E-state index in [0.29, 0.717) is 11.1 Å². The van der Waals surface area contributed by atoms with E-state index in [9.17, 15) is 9.18 Å². The number of hydrogen-bond acceptors (Lipinski definition) is 1. The molecule has 0 bridgehead atoms. The van der Waals surface area contributed by atoms with Gasteiger partial charge in [0.1, 0.15) is 5.82 Å². The highest BCUT2D eigenvalue weighted by Gasteiger charge is 2.13. The molecule has 2 aromatic rings. The fourth-order valence-electron chi connectivity index (χ4n) is 1.80. The van der Waals surface area contributed by atoms with Crippen molar-refractivity contribution in [1.29, 1.82) is 0 Å². The lowest BCUT2D eigenvalue weighted by Gasteiger charge is -2.06. The summed E-state index contributed by atoms with van der Waals surface area (Å²) in [7, 11) is 0.